The van der Waals surface area contributed by atoms with Crippen molar-refractivity contribution in [2.45, 2.75) is 24.8 Å². The van der Waals surface area contributed by atoms with Crippen molar-refractivity contribution in [2.24, 2.45) is 5.73 Å². The van der Waals surface area contributed by atoms with Crippen molar-refractivity contribution >= 4 is 17.5 Å². The number of urea groups is 1. The highest BCUT2D eigenvalue weighted by atomic mass is 19.1. The van der Waals surface area contributed by atoms with Gasteiger partial charge in [0.05, 0.1) is 5.54 Å². The van der Waals surface area contributed by atoms with Crippen molar-refractivity contribution in [3.8, 4) is 0 Å². The van der Waals surface area contributed by atoms with Gasteiger partial charge in [-0.15, -0.1) is 0 Å². The predicted molar refractivity (Wildman–Crippen MR) is 76.9 cm³/mol. The number of benzene rings is 1. The van der Waals surface area contributed by atoms with Gasteiger partial charge in [0.25, 0.3) is 0 Å². The molecule has 2 aliphatic rings. The fourth-order valence-electron chi connectivity index (χ4n) is 3.45. The minimum atomic E-state index is -0.419. The zero-order valence-electron chi connectivity index (χ0n) is 11.9. The van der Waals surface area contributed by atoms with Crippen LogP contribution in [0.3, 0.4) is 0 Å². The second kappa shape index (κ2) is 4.72. The SMILES string of the molecule is CN1c2ccc(F)cc2C(=O)CC12CCN(C(N)=O)CC2. The average Bonchev–Trinajstić information content (AvgIpc) is 2.45. The summed E-state index contributed by atoms with van der Waals surface area (Å²) in [5.41, 5.74) is 6.22. The van der Waals surface area contributed by atoms with E-state index < -0.39 is 11.8 Å². The molecule has 0 unspecified atom stereocenters. The normalized spacial score (nSPS) is 20.6. The minimum absolute atomic E-state index is 0.0323. The topological polar surface area (TPSA) is 66.6 Å². The molecule has 112 valence electrons. The van der Waals surface area contributed by atoms with Crippen LogP contribution in [0.2, 0.25) is 0 Å². The number of halogens is 1. The molecule has 2 N–H and O–H groups in total. The molecule has 5 nitrogen and oxygen atoms in total. The highest BCUT2D eigenvalue weighted by molar-refractivity contribution is 6.04. The minimum Gasteiger partial charge on any atom is -0.368 e. The number of nitrogens with zero attached hydrogens (tertiary/aromatic N) is 2. The van der Waals surface area contributed by atoms with E-state index in [0.29, 0.717) is 37.9 Å². The number of amides is 2. The molecule has 6 heteroatoms. The number of anilines is 1. The van der Waals surface area contributed by atoms with Crippen LogP contribution in [-0.4, -0.2) is 42.4 Å². The Hall–Kier alpha value is -2.11. The van der Waals surface area contributed by atoms with Crippen LogP contribution in [0.1, 0.15) is 29.6 Å². The molecule has 0 bridgehead atoms. The largest absolute Gasteiger partial charge is 0.368 e. The number of likely N-dealkylation sites (tertiary alicyclic amines) is 1. The zero-order chi connectivity index (χ0) is 15.2. The summed E-state index contributed by atoms with van der Waals surface area (Å²) in [6.07, 6.45) is 1.73. The van der Waals surface area contributed by atoms with E-state index in [4.69, 9.17) is 5.73 Å². The van der Waals surface area contributed by atoms with Gasteiger partial charge in [0, 0.05) is 37.8 Å². The molecule has 1 aromatic rings. The lowest BCUT2D eigenvalue weighted by molar-refractivity contribution is 0.0893. The van der Waals surface area contributed by atoms with Crippen LogP contribution in [0.15, 0.2) is 18.2 Å². The van der Waals surface area contributed by atoms with Gasteiger partial charge in [0.2, 0.25) is 0 Å². The number of nitrogens with two attached hydrogens (primary N) is 1. The van der Waals surface area contributed by atoms with Gasteiger partial charge in [-0.3, -0.25) is 4.79 Å². The Morgan fingerprint density at radius 3 is 2.62 bits per heavy atom. The number of hydrogen-bond donors (Lipinski definition) is 1. The van der Waals surface area contributed by atoms with Crippen molar-refractivity contribution < 1.29 is 14.0 Å². The molecule has 2 heterocycles. The van der Waals surface area contributed by atoms with E-state index in [9.17, 15) is 14.0 Å². The Morgan fingerprint density at radius 2 is 2.00 bits per heavy atom. The number of rotatable bonds is 0. The van der Waals surface area contributed by atoms with Crippen LogP contribution >= 0.6 is 0 Å². The summed E-state index contributed by atoms with van der Waals surface area (Å²) in [4.78, 5) is 27.3. The number of Topliss-reactive ketones (excluding diaryl/α,β-unsaturated/α-hetero) is 1. The van der Waals surface area contributed by atoms with Gasteiger partial charge in [0.1, 0.15) is 5.82 Å². The highest BCUT2D eigenvalue weighted by Crippen LogP contribution is 2.41. The van der Waals surface area contributed by atoms with E-state index in [0.717, 1.165) is 5.69 Å². The lowest BCUT2D eigenvalue weighted by atomic mass is 9.77. The Morgan fingerprint density at radius 1 is 1.33 bits per heavy atom. The molecule has 3 rings (SSSR count). The molecule has 1 aromatic carbocycles. The first-order chi connectivity index (χ1) is 9.93. The maximum absolute atomic E-state index is 13.3. The van der Waals surface area contributed by atoms with E-state index in [-0.39, 0.29) is 11.3 Å². The summed E-state index contributed by atoms with van der Waals surface area (Å²) in [6.45, 7) is 1.09. The summed E-state index contributed by atoms with van der Waals surface area (Å²) in [7, 11) is 1.93. The first-order valence-corrected chi connectivity index (χ1v) is 7.04. The monoisotopic (exact) mass is 291 g/mol. The molecule has 1 fully saturated rings. The van der Waals surface area contributed by atoms with Crippen LogP contribution in [0.5, 0.6) is 0 Å². The molecular formula is C15H18FN3O2. The van der Waals surface area contributed by atoms with E-state index in [1.54, 1.807) is 11.0 Å². The fourth-order valence-corrected chi connectivity index (χ4v) is 3.45. The molecule has 0 atom stereocenters. The van der Waals surface area contributed by atoms with Crippen molar-refractivity contribution in [1.82, 2.24) is 4.90 Å². The Balaban J connectivity index is 1.92. The van der Waals surface area contributed by atoms with Crippen molar-refractivity contribution in [3.63, 3.8) is 0 Å². The van der Waals surface area contributed by atoms with Gasteiger partial charge in [-0.2, -0.15) is 0 Å². The van der Waals surface area contributed by atoms with E-state index in [1.165, 1.54) is 12.1 Å². The van der Waals surface area contributed by atoms with Gasteiger partial charge >= 0.3 is 6.03 Å². The Kier molecular flexibility index (Phi) is 3.11. The number of carbonyl (C=O) groups is 2. The molecule has 0 aliphatic carbocycles. The van der Waals surface area contributed by atoms with Crippen LogP contribution in [0, 0.1) is 5.82 Å². The van der Waals surface area contributed by atoms with E-state index in [2.05, 4.69) is 4.90 Å². The third-order valence-electron chi connectivity index (χ3n) is 4.83. The van der Waals surface area contributed by atoms with Gasteiger partial charge in [0.15, 0.2) is 5.78 Å². The summed E-state index contributed by atoms with van der Waals surface area (Å²) in [5, 5.41) is 0. The summed E-state index contributed by atoms with van der Waals surface area (Å²) in [5.74, 6) is -0.426. The fraction of sp³-hybridized carbons (Fsp3) is 0.467. The molecule has 1 saturated heterocycles. The second-order valence-electron chi connectivity index (χ2n) is 5.87. The Labute approximate surface area is 122 Å². The zero-order valence-corrected chi connectivity index (χ0v) is 11.9. The van der Waals surface area contributed by atoms with Crippen molar-refractivity contribution in [3.05, 3.63) is 29.6 Å². The van der Waals surface area contributed by atoms with Crippen LogP contribution in [-0.2, 0) is 0 Å². The van der Waals surface area contributed by atoms with Crippen LogP contribution in [0.25, 0.3) is 0 Å². The molecular weight excluding hydrogens is 273 g/mol. The third-order valence-corrected chi connectivity index (χ3v) is 4.83. The number of carbonyl (C=O) groups excluding carboxylic acids is 2. The molecule has 2 aliphatic heterocycles. The van der Waals surface area contributed by atoms with Crippen molar-refractivity contribution in [2.75, 3.05) is 25.0 Å². The molecule has 0 saturated carbocycles. The van der Waals surface area contributed by atoms with Crippen LogP contribution in [0.4, 0.5) is 14.9 Å². The quantitative estimate of drug-likeness (QED) is 0.792. The summed E-state index contributed by atoms with van der Waals surface area (Å²) in [6, 6.07) is 3.92. The van der Waals surface area contributed by atoms with Crippen LogP contribution < -0.4 is 10.6 Å². The maximum Gasteiger partial charge on any atom is 0.314 e. The number of fused-ring (bicyclic) bond motifs is 1. The maximum atomic E-state index is 13.3. The molecule has 1 spiro atoms. The van der Waals surface area contributed by atoms with Crippen molar-refractivity contribution in [1.29, 1.82) is 0 Å². The predicted octanol–water partition coefficient (Wildman–Crippen LogP) is 1.76. The standard InChI is InChI=1S/C15H18FN3O2/c1-18-12-3-2-10(16)8-11(12)13(20)9-15(18)4-6-19(7-5-15)14(17)21/h2-3,8H,4-7,9H2,1H3,(H2,17,21). The molecule has 21 heavy (non-hydrogen) atoms. The first-order valence-electron chi connectivity index (χ1n) is 7.04. The Bertz CT molecular complexity index is 609. The van der Waals surface area contributed by atoms with Gasteiger partial charge in [-0.05, 0) is 31.0 Å². The second-order valence-corrected chi connectivity index (χ2v) is 5.87. The van der Waals surface area contributed by atoms with Gasteiger partial charge in [-0.25, -0.2) is 9.18 Å². The number of hydrogen-bond acceptors (Lipinski definition) is 3. The van der Waals surface area contributed by atoms with E-state index >= 15 is 0 Å². The molecule has 2 amide bonds. The lowest BCUT2D eigenvalue weighted by Crippen LogP contribution is -2.58. The summed E-state index contributed by atoms with van der Waals surface area (Å²) < 4.78 is 13.3. The molecule has 0 aromatic heterocycles. The first kappa shape index (κ1) is 13.9. The third kappa shape index (κ3) is 2.14. The van der Waals surface area contributed by atoms with Gasteiger partial charge < -0.3 is 15.5 Å². The lowest BCUT2D eigenvalue weighted by Gasteiger charge is -2.50. The van der Waals surface area contributed by atoms with Gasteiger partial charge in [-0.1, -0.05) is 0 Å². The van der Waals surface area contributed by atoms with E-state index in [1.807, 2.05) is 7.05 Å². The summed E-state index contributed by atoms with van der Waals surface area (Å²) >= 11 is 0. The molecule has 0 radical (unpaired) electrons. The number of piperidine rings is 1. The number of primary amides is 1. The number of ketones is 1. The average molecular weight is 291 g/mol. The smallest absolute Gasteiger partial charge is 0.314 e. The highest BCUT2D eigenvalue weighted by Gasteiger charge is 2.44.